The molecule has 0 aliphatic carbocycles. The van der Waals surface area contributed by atoms with Crippen molar-refractivity contribution in [2.75, 3.05) is 7.11 Å². The Kier molecular flexibility index (Phi) is 5.07. The quantitative estimate of drug-likeness (QED) is 0.850. The maximum absolute atomic E-state index is 10.9. The first kappa shape index (κ1) is 16.1. The van der Waals surface area contributed by atoms with Crippen molar-refractivity contribution in [3.63, 3.8) is 0 Å². The van der Waals surface area contributed by atoms with Crippen LogP contribution in [0.25, 0.3) is 0 Å². The van der Waals surface area contributed by atoms with Gasteiger partial charge in [0.15, 0.2) is 0 Å². The third kappa shape index (κ3) is 3.14. The van der Waals surface area contributed by atoms with Crippen molar-refractivity contribution < 1.29 is 9.84 Å². The number of aliphatic hydroxyl groups is 1. The van der Waals surface area contributed by atoms with E-state index in [9.17, 15) is 5.11 Å². The summed E-state index contributed by atoms with van der Waals surface area (Å²) in [7, 11) is 1.65. The van der Waals surface area contributed by atoms with Gasteiger partial charge in [0.25, 0.3) is 0 Å². The van der Waals surface area contributed by atoms with Gasteiger partial charge in [-0.3, -0.25) is 0 Å². The molecule has 0 aliphatic rings. The summed E-state index contributed by atoms with van der Waals surface area (Å²) in [5.41, 5.74) is 4.02. The zero-order valence-corrected chi connectivity index (χ0v) is 14.4. The second-order valence-electron chi connectivity index (χ2n) is 5.39. The maximum Gasteiger partial charge on any atom is 0.127 e. The fourth-order valence-corrected chi connectivity index (χ4v) is 3.25. The van der Waals surface area contributed by atoms with Gasteiger partial charge in [-0.1, -0.05) is 53.2 Å². The van der Waals surface area contributed by atoms with Crippen LogP contribution in [0, 0.1) is 13.8 Å². The molecule has 0 heterocycles. The Labute approximate surface area is 134 Å². The monoisotopic (exact) mass is 348 g/mol. The van der Waals surface area contributed by atoms with Gasteiger partial charge >= 0.3 is 0 Å². The Bertz CT molecular complexity index is 623. The predicted molar refractivity (Wildman–Crippen MR) is 90.0 cm³/mol. The van der Waals surface area contributed by atoms with E-state index < -0.39 is 6.10 Å². The fourth-order valence-electron chi connectivity index (χ4n) is 2.69. The van der Waals surface area contributed by atoms with Crippen molar-refractivity contribution in [3.8, 4) is 5.75 Å². The normalized spacial score (nSPS) is 13.8. The highest BCUT2D eigenvalue weighted by atomic mass is 79.9. The van der Waals surface area contributed by atoms with Crippen molar-refractivity contribution in [3.05, 3.63) is 63.1 Å². The van der Waals surface area contributed by atoms with Crippen LogP contribution < -0.4 is 4.74 Å². The highest BCUT2D eigenvalue weighted by Crippen LogP contribution is 2.41. The van der Waals surface area contributed by atoms with Crippen LogP contribution in [0.1, 0.15) is 41.2 Å². The summed E-state index contributed by atoms with van der Waals surface area (Å²) < 4.78 is 6.53. The lowest BCUT2D eigenvalue weighted by Crippen LogP contribution is -2.12. The molecule has 2 nitrogen and oxygen atoms in total. The number of aliphatic hydroxyl groups excluding tert-OH is 1. The van der Waals surface area contributed by atoms with Crippen molar-refractivity contribution in [1.82, 2.24) is 0 Å². The summed E-state index contributed by atoms with van der Waals surface area (Å²) in [5, 5.41) is 10.9. The molecule has 3 heteroatoms. The maximum atomic E-state index is 10.9. The molecule has 0 saturated heterocycles. The lowest BCUT2D eigenvalue weighted by molar-refractivity contribution is 0.147. The molecule has 0 radical (unpaired) electrons. The number of hydrogen-bond donors (Lipinski definition) is 1. The second kappa shape index (κ2) is 6.63. The van der Waals surface area contributed by atoms with Crippen molar-refractivity contribution in [2.45, 2.75) is 32.8 Å². The number of rotatable bonds is 4. The molecule has 0 amide bonds. The zero-order valence-electron chi connectivity index (χ0n) is 12.9. The summed E-state index contributed by atoms with van der Waals surface area (Å²) in [4.78, 5) is 0. The van der Waals surface area contributed by atoms with Crippen LogP contribution in [0.2, 0.25) is 0 Å². The van der Waals surface area contributed by atoms with Gasteiger partial charge < -0.3 is 9.84 Å². The van der Waals surface area contributed by atoms with E-state index in [1.165, 1.54) is 0 Å². The molecule has 0 saturated carbocycles. The van der Waals surface area contributed by atoms with Crippen molar-refractivity contribution >= 4 is 15.9 Å². The van der Waals surface area contributed by atoms with Crippen LogP contribution in [-0.4, -0.2) is 12.2 Å². The standard InChI is InChI=1S/C18H21BrO2/c1-11-10-15(19)13(3)16(18(11)21-4)17(20)12(2)14-8-6-5-7-9-14/h5-10,12,17,20H,1-4H3. The molecule has 0 spiro atoms. The van der Waals surface area contributed by atoms with Crippen LogP contribution in [0.5, 0.6) is 5.75 Å². The largest absolute Gasteiger partial charge is 0.496 e. The number of benzene rings is 2. The van der Waals surface area contributed by atoms with E-state index in [2.05, 4.69) is 15.9 Å². The average Bonchev–Trinajstić information content (AvgIpc) is 2.50. The Hall–Kier alpha value is -1.32. The van der Waals surface area contributed by atoms with E-state index in [0.29, 0.717) is 0 Å². The van der Waals surface area contributed by atoms with Crippen molar-refractivity contribution in [1.29, 1.82) is 0 Å². The summed E-state index contributed by atoms with van der Waals surface area (Å²) in [5.74, 6) is 0.762. The van der Waals surface area contributed by atoms with Crippen LogP contribution >= 0.6 is 15.9 Å². The van der Waals surface area contributed by atoms with Gasteiger partial charge in [-0.15, -0.1) is 0 Å². The van der Waals surface area contributed by atoms with Crippen LogP contribution in [0.4, 0.5) is 0 Å². The zero-order chi connectivity index (χ0) is 15.6. The second-order valence-corrected chi connectivity index (χ2v) is 6.25. The lowest BCUT2D eigenvalue weighted by atomic mass is 9.87. The Morgan fingerprint density at radius 2 is 1.76 bits per heavy atom. The summed E-state index contributed by atoms with van der Waals surface area (Å²) in [6.45, 7) is 6.03. The molecule has 112 valence electrons. The van der Waals surface area contributed by atoms with E-state index in [1.807, 2.05) is 57.2 Å². The number of hydrogen-bond acceptors (Lipinski definition) is 2. The molecule has 2 aromatic rings. The predicted octanol–water partition coefficient (Wildman–Crippen LogP) is 4.91. The first-order valence-electron chi connectivity index (χ1n) is 7.04. The molecule has 1 N–H and O–H groups in total. The molecule has 2 unspecified atom stereocenters. The molecule has 0 aromatic heterocycles. The van der Waals surface area contributed by atoms with E-state index in [1.54, 1.807) is 7.11 Å². The SMILES string of the molecule is COc1c(C)cc(Br)c(C)c1C(O)C(C)c1ccccc1. The molecular formula is C18H21BrO2. The van der Waals surface area contributed by atoms with Crippen LogP contribution in [0.3, 0.4) is 0 Å². The van der Waals surface area contributed by atoms with Gasteiger partial charge in [0.05, 0.1) is 13.2 Å². The van der Waals surface area contributed by atoms with E-state index in [0.717, 1.165) is 32.5 Å². The van der Waals surface area contributed by atoms with Crippen LogP contribution in [-0.2, 0) is 0 Å². The highest BCUT2D eigenvalue weighted by molar-refractivity contribution is 9.10. The van der Waals surface area contributed by atoms with Crippen LogP contribution in [0.15, 0.2) is 40.9 Å². The summed E-state index contributed by atoms with van der Waals surface area (Å²) >= 11 is 3.57. The third-order valence-electron chi connectivity index (χ3n) is 4.01. The van der Waals surface area contributed by atoms with E-state index in [4.69, 9.17) is 4.74 Å². The van der Waals surface area contributed by atoms with Gasteiger partial charge in [0.1, 0.15) is 5.75 Å². The molecule has 2 aromatic carbocycles. The Morgan fingerprint density at radius 1 is 1.14 bits per heavy atom. The minimum Gasteiger partial charge on any atom is -0.496 e. The van der Waals surface area contributed by atoms with Crippen molar-refractivity contribution in [2.24, 2.45) is 0 Å². The Morgan fingerprint density at radius 3 is 2.33 bits per heavy atom. The summed E-state index contributed by atoms with van der Waals surface area (Å²) in [6.07, 6.45) is -0.612. The minimum atomic E-state index is -0.612. The number of methoxy groups -OCH3 is 1. The van der Waals surface area contributed by atoms with Gasteiger partial charge in [0, 0.05) is 16.0 Å². The first-order valence-corrected chi connectivity index (χ1v) is 7.83. The topological polar surface area (TPSA) is 29.5 Å². The van der Waals surface area contributed by atoms with E-state index in [-0.39, 0.29) is 5.92 Å². The molecule has 21 heavy (non-hydrogen) atoms. The molecule has 0 bridgehead atoms. The van der Waals surface area contributed by atoms with Gasteiger partial charge in [0.2, 0.25) is 0 Å². The molecular weight excluding hydrogens is 328 g/mol. The van der Waals surface area contributed by atoms with Gasteiger partial charge in [-0.2, -0.15) is 0 Å². The Balaban J connectivity index is 2.50. The third-order valence-corrected chi connectivity index (χ3v) is 4.83. The number of aryl methyl sites for hydroxylation is 1. The number of halogens is 1. The highest BCUT2D eigenvalue weighted by Gasteiger charge is 2.25. The van der Waals surface area contributed by atoms with Gasteiger partial charge in [-0.05, 0) is 36.6 Å². The molecule has 2 rings (SSSR count). The molecule has 2 atom stereocenters. The summed E-state index contributed by atoms with van der Waals surface area (Å²) in [6, 6.07) is 12.1. The minimum absolute atomic E-state index is 0.00694. The molecule has 0 fully saturated rings. The fraction of sp³-hybridized carbons (Fsp3) is 0.333. The average molecular weight is 349 g/mol. The smallest absolute Gasteiger partial charge is 0.127 e. The number of ether oxygens (including phenoxy) is 1. The van der Waals surface area contributed by atoms with Gasteiger partial charge in [-0.25, -0.2) is 0 Å². The first-order chi connectivity index (χ1) is 9.97. The lowest BCUT2D eigenvalue weighted by Gasteiger charge is -2.25. The molecule has 0 aliphatic heterocycles. The van der Waals surface area contributed by atoms with E-state index >= 15 is 0 Å².